The number of anilines is 2. The fourth-order valence-electron chi connectivity index (χ4n) is 2.63. The summed E-state index contributed by atoms with van der Waals surface area (Å²) >= 11 is 0. The highest BCUT2D eigenvalue weighted by molar-refractivity contribution is 5.95. The molecule has 2 N–H and O–H groups in total. The third-order valence-corrected chi connectivity index (χ3v) is 3.99. The Balaban J connectivity index is 1.88. The van der Waals surface area contributed by atoms with Crippen molar-refractivity contribution in [3.05, 3.63) is 53.6 Å². The van der Waals surface area contributed by atoms with E-state index in [-0.39, 0.29) is 12.5 Å². The van der Waals surface area contributed by atoms with Crippen LogP contribution in [0.5, 0.6) is 5.75 Å². The van der Waals surface area contributed by atoms with Crippen LogP contribution < -0.4 is 15.4 Å². The fourth-order valence-corrected chi connectivity index (χ4v) is 2.63. The molecule has 0 aliphatic rings. The van der Waals surface area contributed by atoms with Gasteiger partial charge in [-0.15, -0.1) is 0 Å². The lowest BCUT2D eigenvalue weighted by molar-refractivity contribution is -0.114. The number of rotatable bonds is 10. The van der Waals surface area contributed by atoms with E-state index in [1.807, 2.05) is 56.3 Å². The molecule has 0 atom stereocenters. The molecule has 0 unspecified atom stereocenters. The largest absolute Gasteiger partial charge is 0.491 e. The van der Waals surface area contributed by atoms with E-state index < -0.39 is 0 Å². The van der Waals surface area contributed by atoms with Crippen LogP contribution in [0.4, 0.5) is 11.4 Å². The summed E-state index contributed by atoms with van der Waals surface area (Å²) in [6.07, 6.45) is 0.881. The molecule has 0 bridgehead atoms. The smallest absolute Gasteiger partial charge is 0.243 e. The highest BCUT2D eigenvalue weighted by Crippen LogP contribution is 2.21. The SMILES string of the molecule is CCOCCOc1cccc(NCC(=O)Nc2c(C)cccc2CC)c1. The molecule has 0 spiro atoms. The van der Waals surface area contributed by atoms with Gasteiger partial charge in [-0.25, -0.2) is 0 Å². The zero-order valence-electron chi connectivity index (χ0n) is 15.8. The highest BCUT2D eigenvalue weighted by Gasteiger charge is 2.08. The van der Waals surface area contributed by atoms with Crippen LogP contribution in [0.3, 0.4) is 0 Å². The van der Waals surface area contributed by atoms with Crippen molar-refractivity contribution < 1.29 is 14.3 Å². The van der Waals surface area contributed by atoms with Crippen LogP contribution in [0.25, 0.3) is 0 Å². The molecule has 0 aliphatic carbocycles. The van der Waals surface area contributed by atoms with E-state index >= 15 is 0 Å². The van der Waals surface area contributed by atoms with Gasteiger partial charge in [0.05, 0.1) is 13.2 Å². The predicted molar refractivity (Wildman–Crippen MR) is 106 cm³/mol. The van der Waals surface area contributed by atoms with E-state index in [9.17, 15) is 4.79 Å². The van der Waals surface area contributed by atoms with Crippen LogP contribution >= 0.6 is 0 Å². The number of hydrogen-bond acceptors (Lipinski definition) is 4. The standard InChI is InChI=1S/C21H28N2O3/c1-4-17-9-6-8-16(3)21(17)23-20(24)15-22-18-10-7-11-19(14-18)26-13-12-25-5-2/h6-11,14,22H,4-5,12-13,15H2,1-3H3,(H,23,24). The first kappa shape index (κ1) is 19.8. The number of amides is 1. The minimum atomic E-state index is -0.0725. The topological polar surface area (TPSA) is 59.6 Å². The Hall–Kier alpha value is -2.53. The number of carbonyl (C=O) groups excluding carboxylic acids is 1. The first-order valence-corrected chi connectivity index (χ1v) is 9.06. The number of ether oxygens (including phenoxy) is 2. The molecule has 0 radical (unpaired) electrons. The van der Waals surface area contributed by atoms with Gasteiger partial charge in [-0.3, -0.25) is 4.79 Å². The van der Waals surface area contributed by atoms with E-state index in [0.717, 1.165) is 34.7 Å². The maximum atomic E-state index is 12.3. The lowest BCUT2D eigenvalue weighted by atomic mass is 10.1. The zero-order valence-corrected chi connectivity index (χ0v) is 15.8. The normalized spacial score (nSPS) is 10.4. The number of para-hydroxylation sites is 1. The quantitative estimate of drug-likeness (QED) is 0.631. The number of carbonyl (C=O) groups is 1. The molecule has 5 nitrogen and oxygen atoms in total. The van der Waals surface area contributed by atoms with Crippen molar-refractivity contribution in [2.24, 2.45) is 0 Å². The number of aryl methyl sites for hydroxylation is 2. The van der Waals surface area contributed by atoms with Crippen LogP contribution in [0.2, 0.25) is 0 Å². The molecule has 2 aromatic rings. The highest BCUT2D eigenvalue weighted by atomic mass is 16.5. The Kier molecular flexibility index (Phi) is 7.96. The average Bonchev–Trinajstić information content (AvgIpc) is 2.65. The molecular formula is C21H28N2O3. The van der Waals surface area contributed by atoms with Crippen LogP contribution in [0.1, 0.15) is 25.0 Å². The third kappa shape index (κ3) is 6.08. The summed E-state index contributed by atoms with van der Waals surface area (Å²) in [5.41, 5.74) is 3.97. The Morgan fingerprint density at radius 2 is 1.88 bits per heavy atom. The average molecular weight is 356 g/mol. The van der Waals surface area contributed by atoms with Gasteiger partial charge < -0.3 is 20.1 Å². The molecule has 0 fully saturated rings. The lowest BCUT2D eigenvalue weighted by Crippen LogP contribution is -2.23. The Labute approximate surface area is 155 Å². The van der Waals surface area contributed by atoms with Gasteiger partial charge in [-0.05, 0) is 43.5 Å². The molecule has 0 saturated carbocycles. The number of hydrogen-bond donors (Lipinski definition) is 2. The van der Waals surface area contributed by atoms with Crippen molar-refractivity contribution in [1.29, 1.82) is 0 Å². The van der Waals surface area contributed by atoms with Crippen LogP contribution in [-0.2, 0) is 16.0 Å². The van der Waals surface area contributed by atoms with E-state index in [2.05, 4.69) is 17.6 Å². The van der Waals surface area contributed by atoms with Crippen molar-refractivity contribution in [3.8, 4) is 5.75 Å². The van der Waals surface area contributed by atoms with Crippen molar-refractivity contribution in [2.45, 2.75) is 27.2 Å². The molecule has 26 heavy (non-hydrogen) atoms. The van der Waals surface area contributed by atoms with Gasteiger partial charge in [0.15, 0.2) is 0 Å². The first-order valence-electron chi connectivity index (χ1n) is 9.06. The lowest BCUT2D eigenvalue weighted by Gasteiger charge is -2.14. The monoisotopic (exact) mass is 356 g/mol. The van der Waals surface area contributed by atoms with Gasteiger partial charge in [0.25, 0.3) is 0 Å². The Bertz CT molecular complexity index is 716. The fraction of sp³-hybridized carbons (Fsp3) is 0.381. The van der Waals surface area contributed by atoms with Gasteiger partial charge in [-0.2, -0.15) is 0 Å². The molecule has 1 amide bonds. The van der Waals surface area contributed by atoms with E-state index in [1.165, 1.54) is 0 Å². The van der Waals surface area contributed by atoms with E-state index in [1.54, 1.807) is 0 Å². The second kappa shape index (κ2) is 10.5. The summed E-state index contributed by atoms with van der Waals surface area (Å²) in [6, 6.07) is 13.6. The van der Waals surface area contributed by atoms with Crippen LogP contribution in [0, 0.1) is 6.92 Å². The molecule has 0 aromatic heterocycles. The van der Waals surface area contributed by atoms with E-state index in [4.69, 9.17) is 9.47 Å². The molecule has 5 heteroatoms. The molecule has 0 saturated heterocycles. The van der Waals surface area contributed by atoms with Crippen molar-refractivity contribution in [3.63, 3.8) is 0 Å². The van der Waals surface area contributed by atoms with Crippen LogP contribution in [0.15, 0.2) is 42.5 Å². The Morgan fingerprint density at radius 1 is 1.08 bits per heavy atom. The number of benzene rings is 2. The van der Waals surface area contributed by atoms with Gasteiger partial charge >= 0.3 is 0 Å². The van der Waals surface area contributed by atoms with Crippen LogP contribution in [-0.4, -0.2) is 32.3 Å². The summed E-state index contributed by atoms with van der Waals surface area (Å²) in [6.45, 7) is 7.99. The third-order valence-electron chi connectivity index (χ3n) is 3.99. The molecule has 2 aromatic carbocycles. The first-order chi connectivity index (χ1) is 12.6. The molecule has 140 valence electrons. The maximum Gasteiger partial charge on any atom is 0.243 e. The predicted octanol–water partition coefficient (Wildman–Crippen LogP) is 4.02. The summed E-state index contributed by atoms with van der Waals surface area (Å²) in [5.74, 6) is 0.680. The van der Waals surface area contributed by atoms with Gasteiger partial charge in [-0.1, -0.05) is 31.2 Å². The Morgan fingerprint density at radius 3 is 2.65 bits per heavy atom. The number of nitrogens with one attached hydrogen (secondary N) is 2. The second-order valence-corrected chi connectivity index (χ2v) is 5.94. The second-order valence-electron chi connectivity index (χ2n) is 5.94. The minimum absolute atomic E-state index is 0.0725. The van der Waals surface area contributed by atoms with Crippen molar-refractivity contribution in [2.75, 3.05) is 37.0 Å². The summed E-state index contributed by atoms with van der Waals surface area (Å²) in [4.78, 5) is 12.3. The van der Waals surface area contributed by atoms with Crippen molar-refractivity contribution >= 4 is 17.3 Å². The molecule has 0 aliphatic heterocycles. The summed E-state index contributed by atoms with van der Waals surface area (Å²) < 4.78 is 10.9. The molecule has 2 rings (SSSR count). The summed E-state index contributed by atoms with van der Waals surface area (Å²) in [7, 11) is 0. The van der Waals surface area contributed by atoms with E-state index in [0.29, 0.717) is 19.8 Å². The minimum Gasteiger partial charge on any atom is -0.491 e. The van der Waals surface area contributed by atoms with Gasteiger partial charge in [0.2, 0.25) is 5.91 Å². The maximum absolute atomic E-state index is 12.3. The summed E-state index contributed by atoms with van der Waals surface area (Å²) in [5, 5.41) is 6.15. The van der Waals surface area contributed by atoms with Crippen molar-refractivity contribution in [1.82, 2.24) is 0 Å². The molecule has 0 heterocycles. The van der Waals surface area contributed by atoms with Gasteiger partial charge in [0.1, 0.15) is 12.4 Å². The molecular weight excluding hydrogens is 328 g/mol. The van der Waals surface area contributed by atoms with Gasteiger partial charge in [0, 0.05) is 24.0 Å². The zero-order chi connectivity index (χ0) is 18.8.